The van der Waals surface area contributed by atoms with E-state index in [1.165, 1.54) is 17.5 Å². The lowest BCUT2D eigenvalue weighted by Gasteiger charge is -2.35. The van der Waals surface area contributed by atoms with Crippen LogP contribution in [0.4, 0.5) is 5.82 Å². The molecule has 0 spiro atoms. The van der Waals surface area contributed by atoms with Gasteiger partial charge in [-0.3, -0.25) is 0 Å². The van der Waals surface area contributed by atoms with Crippen molar-refractivity contribution in [3.63, 3.8) is 0 Å². The molecule has 3 aliphatic rings. The highest BCUT2D eigenvalue weighted by molar-refractivity contribution is 5.87. The lowest BCUT2D eigenvalue weighted by molar-refractivity contribution is -0.221. The second kappa shape index (κ2) is 6.74. The van der Waals surface area contributed by atoms with E-state index in [1.807, 2.05) is 43.8 Å². The smallest absolute Gasteiger partial charge is 0.164 e. The third-order valence-corrected chi connectivity index (χ3v) is 7.06. The zero-order chi connectivity index (χ0) is 22.3. The number of hydrogen-bond donors (Lipinski definition) is 2. The van der Waals surface area contributed by atoms with Crippen LogP contribution in [0.1, 0.15) is 43.7 Å². The number of aromatic nitrogens is 3. The Bertz CT molecular complexity index is 1200. The number of rotatable bonds is 4. The number of nitrogens with one attached hydrogen (secondary N) is 1. The van der Waals surface area contributed by atoms with Crippen LogP contribution in [0.3, 0.4) is 0 Å². The first-order valence-electron chi connectivity index (χ1n) is 11.1. The van der Waals surface area contributed by atoms with Crippen molar-refractivity contribution >= 4 is 16.9 Å². The van der Waals surface area contributed by atoms with E-state index in [4.69, 9.17) is 14.2 Å². The molecule has 32 heavy (non-hydrogen) atoms. The normalized spacial score (nSPS) is 29.9. The summed E-state index contributed by atoms with van der Waals surface area (Å²) in [5.74, 6) is -0.0296. The number of hydrogen-bond acceptors (Lipinski definition) is 7. The van der Waals surface area contributed by atoms with Gasteiger partial charge in [0.1, 0.15) is 41.7 Å². The Balaban J connectivity index is 1.41. The fourth-order valence-electron chi connectivity index (χ4n) is 5.30. The summed E-state index contributed by atoms with van der Waals surface area (Å²) in [5, 5.41) is 15.7. The maximum atomic E-state index is 11.7. The molecule has 2 saturated heterocycles. The largest absolute Gasteiger partial charge is 0.383 e. The zero-order valence-electron chi connectivity index (χ0n) is 18.7. The van der Waals surface area contributed by atoms with Crippen molar-refractivity contribution in [3.05, 3.63) is 53.5 Å². The average Bonchev–Trinajstić information content (AvgIpc) is 3.39. The van der Waals surface area contributed by atoms with Crippen LogP contribution >= 0.6 is 0 Å². The molecule has 6 rings (SSSR count). The van der Waals surface area contributed by atoms with E-state index in [-0.39, 0.29) is 0 Å². The molecule has 0 radical (unpaired) electrons. The highest BCUT2D eigenvalue weighted by Gasteiger charge is 2.60. The van der Waals surface area contributed by atoms with Gasteiger partial charge in [0.05, 0.1) is 5.39 Å². The minimum absolute atomic E-state index is 0.392. The molecule has 4 heterocycles. The van der Waals surface area contributed by atoms with E-state index < -0.39 is 35.9 Å². The molecule has 0 bridgehead atoms. The molecule has 2 aromatic heterocycles. The van der Waals surface area contributed by atoms with E-state index in [0.717, 1.165) is 35.3 Å². The van der Waals surface area contributed by atoms with Gasteiger partial charge in [0.2, 0.25) is 0 Å². The van der Waals surface area contributed by atoms with Crippen LogP contribution in [-0.4, -0.2) is 50.8 Å². The summed E-state index contributed by atoms with van der Waals surface area (Å²) >= 11 is 0. The van der Waals surface area contributed by atoms with Crippen LogP contribution < -0.4 is 5.32 Å². The van der Waals surface area contributed by atoms with Crippen molar-refractivity contribution in [1.82, 2.24) is 14.5 Å². The maximum absolute atomic E-state index is 11.7. The number of benzene rings is 1. The first kappa shape index (κ1) is 20.1. The van der Waals surface area contributed by atoms with Crippen LogP contribution in [0.5, 0.6) is 0 Å². The third kappa shape index (κ3) is 2.83. The number of fused-ring (bicyclic) bond motifs is 3. The van der Waals surface area contributed by atoms with Gasteiger partial charge in [-0.25, -0.2) is 9.97 Å². The topological polar surface area (TPSA) is 90.7 Å². The lowest BCUT2D eigenvalue weighted by atomic mass is 9.81. The predicted molar refractivity (Wildman–Crippen MR) is 118 cm³/mol. The predicted octanol–water partition coefficient (Wildman–Crippen LogP) is 2.90. The summed E-state index contributed by atoms with van der Waals surface area (Å²) in [5.41, 5.74) is 2.98. The molecule has 8 heteroatoms. The summed E-state index contributed by atoms with van der Waals surface area (Å²) in [6, 6.07) is 8.17. The fourth-order valence-corrected chi connectivity index (χ4v) is 5.30. The SMILES string of the molecule is CNc1ncnc2c1ccn2[C@@H]1O[C@H]([C@](C)(O)c2ccc3c(c2)CC3)[C@H]2OC(C)(C)O[C@H]21. The molecule has 0 unspecified atom stereocenters. The van der Waals surface area contributed by atoms with E-state index in [2.05, 4.69) is 27.4 Å². The van der Waals surface area contributed by atoms with E-state index in [1.54, 1.807) is 6.92 Å². The molecular formula is C24H28N4O4. The molecule has 168 valence electrons. The molecule has 5 atom stereocenters. The van der Waals surface area contributed by atoms with Gasteiger partial charge in [-0.05, 0) is 56.4 Å². The van der Waals surface area contributed by atoms with Crippen molar-refractivity contribution in [3.8, 4) is 0 Å². The maximum Gasteiger partial charge on any atom is 0.164 e. The minimum atomic E-state index is -1.25. The molecule has 2 aliphatic heterocycles. The Morgan fingerprint density at radius 2 is 1.91 bits per heavy atom. The van der Waals surface area contributed by atoms with Gasteiger partial charge in [-0.1, -0.05) is 18.2 Å². The van der Waals surface area contributed by atoms with Crippen LogP contribution in [0.2, 0.25) is 0 Å². The monoisotopic (exact) mass is 436 g/mol. The fraction of sp³-hybridized carbons (Fsp3) is 0.500. The first-order chi connectivity index (χ1) is 15.3. The summed E-state index contributed by atoms with van der Waals surface area (Å²) in [6.45, 7) is 5.60. The summed E-state index contributed by atoms with van der Waals surface area (Å²) in [4.78, 5) is 8.79. The first-order valence-corrected chi connectivity index (χ1v) is 11.1. The minimum Gasteiger partial charge on any atom is -0.383 e. The van der Waals surface area contributed by atoms with Crippen molar-refractivity contribution < 1.29 is 19.3 Å². The van der Waals surface area contributed by atoms with Crippen molar-refractivity contribution in [2.45, 2.75) is 69.5 Å². The van der Waals surface area contributed by atoms with Crippen molar-refractivity contribution in [2.24, 2.45) is 0 Å². The molecule has 1 aliphatic carbocycles. The van der Waals surface area contributed by atoms with Crippen LogP contribution in [-0.2, 0) is 32.7 Å². The highest BCUT2D eigenvalue weighted by Crippen LogP contribution is 2.49. The van der Waals surface area contributed by atoms with Gasteiger partial charge in [0.25, 0.3) is 0 Å². The second-order valence-electron chi connectivity index (χ2n) is 9.58. The number of aliphatic hydroxyl groups is 1. The Morgan fingerprint density at radius 3 is 2.62 bits per heavy atom. The Kier molecular flexibility index (Phi) is 4.24. The van der Waals surface area contributed by atoms with Crippen molar-refractivity contribution in [2.75, 3.05) is 12.4 Å². The molecule has 0 amide bonds. The number of anilines is 1. The Morgan fingerprint density at radius 1 is 1.12 bits per heavy atom. The molecule has 3 aromatic rings. The van der Waals surface area contributed by atoms with Gasteiger partial charge in [-0.15, -0.1) is 0 Å². The summed E-state index contributed by atoms with van der Waals surface area (Å²) in [6.07, 6.45) is 3.68. The second-order valence-corrected chi connectivity index (χ2v) is 9.58. The molecule has 2 N–H and O–H groups in total. The molecular weight excluding hydrogens is 408 g/mol. The quantitative estimate of drug-likeness (QED) is 0.650. The van der Waals surface area contributed by atoms with E-state index >= 15 is 0 Å². The zero-order valence-corrected chi connectivity index (χ0v) is 18.7. The third-order valence-electron chi connectivity index (χ3n) is 7.06. The molecule has 1 aromatic carbocycles. The van der Waals surface area contributed by atoms with Crippen molar-refractivity contribution in [1.29, 1.82) is 0 Å². The summed E-state index contributed by atoms with van der Waals surface area (Å²) in [7, 11) is 1.83. The number of aryl methyl sites for hydroxylation is 2. The van der Waals surface area contributed by atoms with Gasteiger partial charge in [-0.2, -0.15) is 0 Å². The summed E-state index contributed by atoms with van der Waals surface area (Å²) < 4.78 is 21.1. The molecule has 2 fully saturated rings. The average molecular weight is 437 g/mol. The Labute approximate surface area is 186 Å². The van der Waals surface area contributed by atoms with E-state index in [0.29, 0.717) is 0 Å². The molecule has 0 saturated carbocycles. The van der Waals surface area contributed by atoms with Crippen LogP contribution in [0.25, 0.3) is 11.0 Å². The number of ether oxygens (including phenoxy) is 3. The Hall–Kier alpha value is -2.52. The molecule has 8 nitrogen and oxygen atoms in total. The number of nitrogens with zero attached hydrogens (tertiary/aromatic N) is 3. The van der Waals surface area contributed by atoms with Gasteiger partial charge in [0.15, 0.2) is 12.0 Å². The lowest BCUT2D eigenvalue weighted by Crippen LogP contribution is -2.45. The standard InChI is InChI=1S/C24H28N4O4/c1-23(2)31-17-18(32-23)22(28-10-9-16-20(25-4)26-12-27-21(16)28)30-19(17)24(3,29)15-8-7-13-5-6-14(13)11-15/h7-12,17-19,22,29H,5-6H2,1-4H3,(H,25,26,27)/t17-,18+,19-,22+,24+/m0/s1. The van der Waals surface area contributed by atoms with Gasteiger partial charge in [0, 0.05) is 13.2 Å². The van der Waals surface area contributed by atoms with Gasteiger partial charge < -0.3 is 29.2 Å². The van der Waals surface area contributed by atoms with Crippen LogP contribution in [0, 0.1) is 0 Å². The van der Waals surface area contributed by atoms with Gasteiger partial charge >= 0.3 is 0 Å². The highest BCUT2D eigenvalue weighted by atomic mass is 16.8. The van der Waals surface area contributed by atoms with E-state index in [9.17, 15) is 5.11 Å². The van der Waals surface area contributed by atoms with Crippen LogP contribution in [0.15, 0.2) is 36.8 Å².